The molecule has 4 N–H and O–H groups in total. The van der Waals surface area contributed by atoms with Gasteiger partial charge >= 0.3 is 0 Å². The molecule has 2 rings (SSSR count). The lowest BCUT2D eigenvalue weighted by molar-refractivity contribution is 0.321. The van der Waals surface area contributed by atoms with Crippen molar-refractivity contribution in [3.63, 3.8) is 0 Å². The number of thioether (sulfide) groups is 1. The molecule has 4 heteroatoms. The molecule has 0 amide bonds. The normalized spacial score (nSPS) is 25.8. The van der Waals surface area contributed by atoms with Gasteiger partial charge in [0.25, 0.3) is 0 Å². The first-order valence-electron chi connectivity index (χ1n) is 6.27. The molecule has 0 aromatic heterocycles. The fourth-order valence-corrected chi connectivity index (χ4v) is 3.95. The molecule has 18 heavy (non-hydrogen) atoms. The summed E-state index contributed by atoms with van der Waals surface area (Å²) in [6.07, 6.45) is 0.908. The van der Waals surface area contributed by atoms with Crippen LogP contribution in [0.5, 0.6) is 5.75 Å². The van der Waals surface area contributed by atoms with Crippen LogP contribution in [0.1, 0.15) is 25.0 Å². The Kier molecular flexibility index (Phi) is 3.90. The van der Waals surface area contributed by atoms with Gasteiger partial charge in [0.2, 0.25) is 0 Å². The molecule has 0 saturated heterocycles. The average Bonchev–Trinajstić information content (AvgIpc) is 2.33. The Morgan fingerprint density at radius 3 is 2.83 bits per heavy atom. The van der Waals surface area contributed by atoms with Gasteiger partial charge in [0.05, 0.1) is 6.61 Å². The van der Waals surface area contributed by atoms with E-state index < -0.39 is 0 Å². The maximum Gasteiger partial charge on any atom is 0.115 e. The number of aliphatic hydroxyl groups is 1. The van der Waals surface area contributed by atoms with Crippen LogP contribution < -0.4 is 5.73 Å². The summed E-state index contributed by atoms with van der Waals surface area (Å²) in [6, 6.07) is 5.59. The molecule has 0 unspecified atom stereocenters. The highest BCUT2D eigenvalue weighted by molar-refractivity contribution is 8.00. The van der Waals surface area contributed by atoms with Gasteiger partial charge in [-0.1, -0.05) is 19.9 Å². The Bertz CT molecular complexity index is 434. The Morgan fingerprint density at radius 1 is 1.44 bits per heavy atom. The number of rotatable bonds is 3. The predicted octanol–water partition coefficient (Wildman–Crippen LogP) is 1.65. The van der Waals surface area contributed by atoms with E-state index in [1.54, 1.807) is 17.8 Å². The van der Waals surface area contributed by atoms with E-state index in [2.05, 4.69) is 13.8 Å². The Balaban J connectivity index is 2.34. The highest BCUT2D eigenvalue weighted by Gasteiger charge is 2.40. The van der Waals surface area contributed by atoms with Gasteiger partial charge in [-0.25, -0.2) is 0 Å². The molecule has 0 heterocycles. The highest BCUT2D eigenvalue weighted by Crippen LogP contribution is 2.41. The van der Waals surface area contributed by atoms with Gasteiger partial charge in [-0.3, -0.25) is 0 Å². The zero-order chi connectivity index (χ0) is 13.3. The van der Waals surface area contributed by atoms with E-state index in [1.807, 2.05) is 12.1 Å². The van der Waals surface area contributed by atoms with E-state index in [-0.39, 0.29) is 18.1 Å². The summed E-state index contributed by atoms with van der Waals surface area (Å²) in [5.41, 5.74) is 8.63. The van der Waals surface area contributed by atoms with Crippen molar-refractivity contribution in [2.24, 2.45) is 5.73 Å². The molecule has 0 aliphatic heterocycles. The lowest BCUT2D eigenvalue weighted by atomic mass is 9.69. The van der Waals surface area contributed by atoms with E-state index >= 15 is 0 Å². The third-order valence-electron chi connectivity index (χ3n) is 3.87. The molecule has 3 nitrogen and oxygen atoms in total. The summed E-state index contributed by atoms with van der Waals surface area (Å²) in [5, 5.41) is 18.9. The number of hydrogen-bond donors (Lipinski definition) is 3. The van der Waals surface area contributed by atoms with Crippen molar-refractivity contribution in [3.05, 3.63) is 29.3 Å². The Hall–Kier alpha value is -0.710. The van der Waals surface area contributed by atoms with Crippen LogP contribution in [0.15, 0.2) is 18.2 Å². The Labute approximate surface area is 112 Å². The number of benzene rings is 1. The lowest BCUT2D eigenvalue weighted by Crippen LogP contribution is -2.52. The third kappa shape index (κ3) is 2.37. The van der Waals surface area contributed by atoms with Crippen molar-refractivity contribution >= 4 is 11.8 Å². The third-order valence-corrected chi connectivity index (χ3v) is 5.17. The first-order chi connectivity index (χ1) is 8.46. The molecule has 1 aromatic rings. The van der Waals surface area contributed by atoms with E-state index in [4.69, 9.17) is 10.8 Å². The minimum absolute atomic E-state index is 0.0309. The smallest absolute Gasteiger partial charge is 0.115 e. The summed E-state index contributed by atoms with van der Waals surface area (Å²) in [5.74, 6) is 1.03. The van der Waals surface area contributed by atoms with Crippen LogP contribution in [0.3, 0.4) is 0 Å². The fraction of sp³-hybridized carbons (Fsp3) is 0.571. The minimum atomic E-state index is -0.153. The summed E-state index contributed by atoms with van der Waals surface area (Å²) < 4.78 is 0. The van der Waals surface area contributed by atoms with E-state index in [0.29, 0.717) is 11.0 Å². The maximum atomic E-state index is 9.63. The molecule has 0 fully saturated rings. The number of aliphatic hydroxyl groups excluding tert-OH is 1. The molecule has 1 aliphatic rings. The van der Waals surface area contributed by atoms with Crippen LogP contribution in [-0.4, -0.2) is 33.9 Å². The molecule has 0 saturated carbocycles. The summed E-state index contributed by atoms with van der Waals surface area (Å²) in [4.78, 5) is 0. The van der Waals surface area contributed by atoms with Crippen LogP contribution in [0.2, 0.25) is 0 Å². The van der Waals surface area contributed by atoms with Crippen LogP contribution in [0.4, 0.5) is 0 Å². The topological polar surface area (TPSA) is 66.5 Å². The van der Waals surface area contributed by atoms with Crippen molar-refractivity contribution < 1.29 is 10.2 Å². The van der Waals surface area contributed by atoms with E-state index in [1.165, 1.54) is 5.56 Å². The second kappa shape index (κ2) is 5.11. The van der Waals surface area contributed by atoms with Crippen LogP contribution in [0, 0.1) is 0 Å². The van der Waals surface area contributed by atoms with Crippen molar-refractivity contribution in [2.75, 3.05) is 12.4 Å². The standard InChI is InChI=1S/C14H21NO2S/c1-14(2)11-8-10(17)4-3-9(11)7-12(13(14)15)18-6-5-16/h3-4,8,12-13,16-17H,5-7,15H2,1-2H3/t12-,13+/m1/s1. The highest BCUT2D eigenvalue weighted by atomic mass is 32.2. The quantitative estimate of drug-likeness (QED) is 0.779. The van der Waals surface area contributed by atoms with Crippen molar-refractivity contribution in [3.8, 4) is 5.75 Å². The monoisotopic (exact) mass is 267 g/mol. The van der Waals surface area contributed by atoms with Gasteiger partial charge in [-0.2, -0.15) is 11.8 Å². The summed E-state index contributed by atoms with van der Waals surface area (Å²) >= 11 is 1.74. The SMILES string of the molecule is CC1(C)c2cc(O)ccc2C[C@@H](SCCO)[C@@H]1N. The zero-order valence-electron chi connectivity index (χ0n) is 10.9. The van der Waals surface area contributed by atoms with Gasteiger partial charge in [0.15, 0.2) is 0 Å². The number of hydrogen-bond acceptors (Lipinski definition) is 4. The van der Waals surface area contributed by atoms with Crippen molar-refractivity contribution in [1.29, 1.82) is 0 Å². The second-order valence-corrected chi connectivity index (χ2v) is 6.77. The molecular formula is C14H21NO2S. The van der Waals surface area contributed by atoms with Crippen LogP contribution >= 0.6 is 11.8 Å². The van der Waals surface area contributed by atoms with Gasteiger partial charge < -0.3 is 15.9 Å². The number of phenols is 1. The van der Waals surface area contributed by atoms with Crippen LogP contribution in [-0.2, 0) is 11.8 Å². The van der Waals surface area contributed by atoms with Gasteiger partial charge in [-0.15, -0.1) is 0 Å². The molecule has 1 aromatic carbocycles. The first-order valence-corrected chi connectivity index (χ1v) is 7.32. The van der Waals surface area contributed by atoms with E-state index in [0.717, 1.165) is 17.7 Å². The predicted molar refractivity (Wildman–Crippen MR) is 76.1 cm³/mol. The number of phenolic OH excluding ortho intramolecular Hbond substituents is 1. The van der Waals surface area contributed by atoms with Crippen molar-refractivity contribution in [2.45, 2.75) is 37.0 Å². The second-order valence-electron chi connectivity index (χ2n) is 5.43. The average molecular weight is 267 g/mol. The maximum absolute atomic E-state index is 9.63. The van der Waals surface area contributed by atoms with Gasteiger partial charge in [0, 0.05) is 22.5 Å². The largest absolute Gasteiger partial charge is 0.508 e. The molecule has 2 atom stereocenters. The van der Waals surface area contributed by atoms with Crippen molar-refractivity contribution in [1.82, 2.24) is 0 Å². The minimum Gasteiger partial charge on any atom is -0.508 e. The molecule has 0 bridgehead atoms. The molecule has 0 spiro atoms. The molecular weight excluding hydrogens is 246 g/mol. The molecule has 0 radical (unpaired) electrons. The summed E-state index contributed by atoms with van der Waals surface area (Å²) in [6.45, 7) is 4.44. The Morgan fingerprint density at radius 2 is 2.17 bits per heavy atom. The number of fused-ring (bicyclic) bond motifs is 1. The number of aromatic hydroxyl groups is 1. The lowest BCUT2D eigenvalue weighted by Gasteiger charge is -2.43. The molecule has 100 valence electrons. The van der Waals surface area contributed by atoms with E-state index in [9.17, 15) is 5.11 Å². The van der Waals surface area contributed by atoms with Crippen LogP contribution in [0.25, 0.3) is 0 Å². The number of nitrogens with two attached hydrogens (primary N) is 1. The first kappa shape index (κ1) is 13.7. The van der Waals surface area contributed by atoms with Gasteiger partial charge in [-0.05, 0) is 29.7 Å². The fourth-order valence-electron chi connectivity index (χ4n) is 2.70. The van der Waals surface area contributed by atoms with Gasteiger partial charge in [0.1, 0.15) is 5.75 Å². The molecule has 1 aliphatic carbocycles. The summed E-state index contributed by atoms with van der Waals surface area (Å²) in [7, 11) is 0. The zero-order valence-corrected chi connectivity index (χ0v) is 11.7.